The molecule has 0 saturated carbocycles. The molecule has 1 N–H and O–H groups in total. The summed E-state index contributed by atoms with van der Waals surface area (Å²) < 4.78 is 35.4. The van der Waals surface area contributed by atoms with Gasteiger partial charge in [-0.3, -0.25) is 13.9 Å². The molecule has 2 atom stereocenters. The summed E-state index contributed by atoms with van der Waals surface area (Å²) in [5.74, 6) is -0.529. The number of methoxy groups -OCH3 is 1. The third-order valence-corrected chi connectivity index (χ3v) is 10.2. The van der Waals surface area contributed by atoms with E-state index in [4.69, 9.17) is 16.3 Å². The van der Waals surface area contributed by atoms with Crippen LogP contribution in [-0.4, -0.2) is 50.9 Å². The lowest BCUT2D eigenvalue weighted by molar-refractivity contribution is -0.140. The number of halogens is 2. The van der Waals surface area contributed by atoms with E-state index in [1.165, 1.54) is 36.3 Å². The molecule has 0 fully saturated rings. The van der Waals surface area contributed by atoms with Gasteiger partial charge in [0.2, 0.25) is 11.8 Å². The van der Waals surface area contributed by atoms with Crippen molar-refractivity contribution in [3.05, 3.63) is 124 Å². The van der Waals surface area contributed by atoms with Gasteiger partial charge in [-0.05, 0) is 66.9 Å². The standard InChI is InChI=1S/C35H37BrClN3O5S/c1-4-25(2)38-35(42)32(21-26-11-7-5-8-12-26)39(23-27-15-17-28(36)18-16-27)34(41)24-40(29-19-20-33(45-3)31(37)22-29)46(43,44)30-13-9-6-10-14-30/h5-20,22,25,32H,4,21,23-24H2,1-3H3,(H,38,42)/t25-,32+/m0/s1. The number of benzene rings is 4. The smallest absolute Gasteiger partial charge is 0.264 e. The lowest BCUT2D eigenvalue weighted by Gasteiger charge is -2.34. The maximum Gasteiger partial charge on any atom is 0.264 e. The fourth-order valence-electron chi connectivity index (χ4n) is 4.84. The number of ether oxygens (including phenoxy) is 1. The van der Waals surface area contributed by atoms with Crippen LogP contribution in [0.5, 0.6) is 5.75 Å². The van der Waals surface area contributed by atoms with Gasteiger partial charge in [0.15, 0.2) is 0 Å². The number of amides is 2. The van der Waals surface area contributed by atoms with Gasteiger partial charge in [-0.25, -0.2) is 8.42 Å². The summed E-state index contributed by atoms with van der Waals surface area (Å²) in [7, 11) is -2.79. The monoisotopic (exact) mass is 725 g/mol. The van der Waals surface area contributed by atoms with Gasteiger partial charge in [0.25, 0.3) is 10.0 Å². The fraction of sp³-hybridized carbons (Fsp3) is 0.257. The minimum Gasteiger partial charge on any atom is -0.495 e. The highest BCUT2D eigenvalue weighted by atomic mass is 79.9. The van der Waals surface area contributed by atoms with Crippen molar-refractivity contribution in [2.45, 2.75) is 50.2 Å². The minimum absolute atomic E-state index is 0.00421. The van der Waals surface area contributed by atoms with E-state index in [1.54, 1.807) is 24.3 Å². The molecule has 0 heterocycles. The molecular weight excluding hydrogens is 690 g/mol. The molecule has 0 unspecified atom stereocenters. The van der Waals surface area contributed by atoms with Crippen LogP contribution >= 0.6 is 27.5 Å². The summed E-state index contributed by atoms with van der Waals surface area (Å²) in [5.41, 5.74) is 1.81. The molecule has 11 heteroatoms. The molecule has 0 saturated heterocycles. The van der Waals surface area contributed by atoms with Crippen molar-refractivity contribution in [1.29, 1.82) is 0 Å². The molecular formula is C35H37BrClN3O5S. The van der Waals surface area contributed by atoms with Crippen LogP contribution in [0.15, 0.2) is 112 Å². The van der Waals surface area contributed by atoms with E-state index in [0.717, 1.165) is 19.9 Å². The molecule has 0 aliphatic heterocycles. The summed E-state index contributed by atoms with van der Waals surface area (Å²) in [6, 6.07) is 28.2. The Kier molecular flexibility index (Phi) is 12.3. The number of nitrogens with one attached hydrogen (secondary N) is 1. The second kappa shape index (κ2) is 16.1. The van der Waals surface area contributed by atoms with Crippen molar-refractivity contribution in [2.75, 3.05) is 18.0 Å². The van der Waals surface area contributed by atoms with Crippen molar-refractivity contribution >= 4 is 55.1 Å². The predicted octanol–water partition coefficient (Wildman–Crippen LogP) is 6.86. The second-order valence-electron chi connectivity index (χ2n) is 10.8. The highest BCUT2D eigenvalue weighted by Gasteiger charge is 2.35. The molecule has 46 heavy (non-hydrogen) atoms. The van der Waals surface area contributed by atoms with Crippen molar-refractivity contribution in [1.82, 2.24) is 10.2 Å². The Morgan fingerprint density at radius 1 is 0.913 bits per heavy atom. The summed E-state index contributed by atoms with van der Waals surface area (Å²) in [6.07, 6.45) is 0.928. The van der Waals surface area contributed by atoms with E-state index in [-0.39, 0.29) is 40.5 Å². The molecule has 242 valence electrons. The molecule has 0 aromatic heterocycles. The normalized spacial score (nSPS) is 12.5. The number of rotatable bonds is 14. The topological polar surface area (TPSA) is 96.0 Å². The lowest BCUT2D eigenvalue weighted by Crippen LogP contribution is -2.54. The minimum atomic E-state index is -4.25. The van der Waals surface area contributed by atoms with Crippen molar-refractivity contribution in [3.8, 4) is 5.75 Å². The fourth-order valence-corrected chi connectivity index (χ4v) is 6.78. The first-order valence-corrected chi connectivity index (χ1v) is 17.4. The van der Waals surface area contributed by atoms with Gasteiger partial charge in [-0.15, -0.1) is 0 Å². The van der Waals surface area contributed by atoms with Gasteiger partial charge < -0.3 is 15.0 Å². The molecule has 4 rings (SSSR count). The number of anilines is 1. The third-order valence-electron chi connectivity index (χ3n) is 7.57. The van der Waals surface area contributed by atoms with Gasteiger partial charge in [-0.1, -0.05) is 95.1 Å². The SMILES string of the molecule is CC[C@H](C)NC(=O)[C@@H](Cc1ccccc1)N(Cc1ccc(Br)cc1)C(=O)CN(c1ccc(OC)c(Cl)c1)S(=O)(=O)c1ccccc1. The molecule has 4 aromatic carbocycles. The third kappa shape index (κ3) is 8.90. The number of hydrogen-bond acceptors (Lipinski definition) is 5. The van der Waals surface area contributed by atoms with Crippen LogP contribution in [-0.2, 0) is 32.6 Å². The number of carbonyl (C=O) groups is 2. The van der Waals surface area contributed by atoms with Crippen LogP contribution in [0.2, 0.25) is 5.02 Å². The van der Waals surface area contributed by atoms with E-state index in [1.807, 2.05) is 68.4 Å². The average molecular weight is 727 g/mol. The quantitative estimate of drug-likeness (QED) is 0.153. The van der Waals surface area contributed by atoms with Crippen LogP contribution in [0.3, 0.4) is 0 Å². The number of nitrogens with zero attached hydrogens (tertiary/aromatic N) is 2. The summed E-state index contributed by atoms with van der Waals surface area (Å²) >= 11 is 9.89. The molecule has 0 aliphatic rings. The van der Waals surface area contributed by atoms with E-state index >= 15 is 0 Å². The Labute approximate surface area is 284 Å². The Bertz CT molecular complexity index is 1720. The summed E-state index contributed by atoms with van der Waals surface area (Å²) in [4.78, 5) is 29.9. The van der Waals surface area contributed by atoms with Crippen LogP contribution in [0.4, 0.5) is 5.69 Å². The molecule has 8 nitrogen and oxygen atoms in total. The van der Waals surface area contributed by atoms with Crippen molar-refractivity contribution < 1.29 is 22.7 Å². The first-order chi connectivity index (χ1) is 22.0. The van der Waals surface area contributed by atoms with Gasteiger partial charge in [-0.2, -0.15) is 0 Å². The predicted molar refractivity (Wildman–Crippen MR) is 185 cm³/mol. The highest BCUT2D eigenvalue weighted by molar-refractivity contribution is 9.10. The van der Waals surface area contributed by atoms with Crippen LogP contribution < -0.4 is 14.4 Å². The molecule has 0 bridgehead atoms. The maximum absolute atomic E-state index is 14.5. The number of hydrogen-bond donors (Lipinski definition) is 1. The van der Waals surface area contributed by atoms with Gasteiger partial charge in [0.1, 0.15) is 18.3 Å². The van der Waals surface area contributed by atoms with Crippen molar-refractivity contribution in [3.63, 3.8) is 0 Å². The maximum atomic E-state index is 14.5. The highest BCUT2D eigenvalue weighted by Crippen LogP contribution is 2.32. The average Bonchev–Trinajstić information content (AvgIpc) is 3.06. The molecule has 4 aromatic rings. The van der Waals surface area contributed by atoms with Crippen molar-refractivity contribution in [2.24, 2.45) is 0 Å². The van der Waals surface area contributed by atoms with Crippen LogP contribution in [0.1, 0.15) is 31.4 Å². The Balaban J connectivity index is 1.82. The van der Waals surface area contributed by atoms with Crippen LogP contribution in [0.25, 0.3) is 0 Å². The second-order valence-corrected chi connectivity index (χ2v) is 14.0. The van der Waals surface area contributed by atoms with E-state index in [9.17, 15) is 18.0 Å². The number of sulfonamides is 1. The first kappa shape index (κ1) is 35.0. The van der Waals surface area contributed by atoms with Gasteiger partial charge in [0.05, 0.1) is 22.7 Å². The largest absolute Gasteiger partial charge is 0.495 e. The molecule has 0 spiro atoms. The van der Waals surface area contributed by atoms with E-state index in [2.05, 4.69) is 21.2 Å². The van der Waals surface area contributed by atoms with E-state index in [0.29, 0.717) is 12.2 Å². The first-order valence-electron chi connectivity index (χ1n) is 14.8. The molecule has 0 aliphatic carbocycles. The van der Waals surface area contributed by atoms with Gasteiger partial charge >= 0.3 is 0 Å². The zero-order valence-corrected chi connectivity index (χ0v) is 29.1. The Morgan fingerprint density at radius 2 is 1.54 bits per heavy atom. The summed E-state index contributed by atoms with van der Waals surface area (Å²) in [5, 5.41) is 3.22. The summed E-state index contributed by atoms with van der Waals surface area (Å²) in [6.45, 7) is 3.35. The Morgan fingerprint density at radius 3 is 2.13 bits per heavy atom. The van der Waals surface area contributed by atoms with Gasteiger partial charge in [0, 0.05) is 23.5 Å². The molecule has 2 amide bonds. The number of carbonyl (C=O) groups excluding carboxylic acids is 2. The zero-order valence-electron chi connectivity index (χ0n) is 25.9. The molecule has 0 radical (unpaired) electrons. The Hall–Kier alpha value is -3.86. The van der Waals surface area contributed by atoms with Crippen LogP contribution in [0, 0.1) is 0 Å². The zero-order chi connectivity index (χ0) is 33.3. The lowest BCUT2D eigenvalue weighted by atomic mass is 10.0. The van der Waals surface area contributed by atoms with E-state index < -0.39 is 28.5 Å².